The second-order valence-corrected chi connectivity index (χ2v) is 26.1. The molecule has 1 amide bonds. The zero-order valence-electron chi connectivity index (χ0n) is 54.7. The van der Waals surface area contributed by atoms with Gasteiger partial charge in [0, 0.05) is 6.42 Å². The minimum Gasteiger partial charge on any atom is -0.394 e. The van der Waals surface area contributed by atoms with Gasteiger partial charge in [-0.3, -0.25) is 4.79 Å². The van der Waals surface area contributed by atoms with E-state index in [0.29, 0.717) is 6.42 Å². The van der Waals surface area contributed by atoms with Gasteiger partial charge >= 0.3 is 0 Å². The summed E-state index contributed by atoms with van der Waals surface area (Å²) in [5.41, 5.74) is 0. The maximum absolute atomic E-state index is 12.6. The summed E-state index contributed by atoms with van der Waals surface area (Å²) in [6.07, 6.45) is 96.2. The molecule has 472 valence electrons. The van der Waals surface area contributed by atoms with E-state index in [9.17, 15) is 15.0 Å². The molecule has 0 aromatic carbocycles. The van der Waals surface area contributed by atoms with Crippen LogP contribution >= 0.6 is 0 Å². The molecular formula is C75H149NO3. The molecule has 4 nitrogen and oxygen atoms in total. The van der Waals surface area contributed by atoms with Gasteiger partial charge in [-0.05, 0) is 19.3 Å². The van der Waals surface area contributed by atoms with Crippen LogP contribution in [0.1, 0.15) is 444 Å². The van der Waals surface area contributed by atoms with Crippen LogP contribution in [0.25, 0.3) is 0 Å². The number of hydrogen-bond donors (Lipinski definition) is 3. The second-order valence-electron chi connectivity index (χ2n) is 26.1. The highest BCUT2D eigenvalue weighted by molar-refractivity contribution is 5.76. The first kappa shape index (κ1) is 78.1. The van der Waals surface area contributed by atoms with Crippen LogP contribution in [0.2, 0.25) is 0 Å². The zero-order valence-corrected chi connectivity index (χ0v) is 54.7. The number of unbranched alkanes of at least 4 members (excludes halogenated alkanes) is 64. The Hall–Kier alpha value is -0.870. The molecule has 2 unspecified atom stereocenters. The highest BCUT2D eigenvalue weighted by Crippen LogP contribution is 2.20. The zero-order chi connectivity index (χ0) is 56.9. The number of rotatable bonds is 71. The van der Waals surface area contributed by atoms with Crippen molar-refractivity contribution in [2.75, 3.05) is 6.61 Å². The van der Waals surface area contributed by atoms with Gasteiger partial charge in [0.15, 0.2) is 0 Å². The first-order valence-corrected chi connectivity index (χ1v) is 37.4. The van der Waals surface area contributed by atoms with E-state index in [1.807, 2.05) is 6.08 Å². The van der Waals surface area contributed by atoms with Crippen molar-refractivity contribution in [3.8, 4) is 0 Å². The van der Waals surface area contributed by atoms with E-state index in [4.69, 9.17) is 0 Å². The van der Waals surface area contributed by atoms with Crippen LogP contribution in [0.5, 0.6) is 0 Å². The lowest BCUT2D eigenvalue weighted by Crippen LogP contribution is -2.45. The van der Waals surface area contributed by atoms with Crippen LogP contribution in [-0.4, -0.2) is 34.9 Å². The van der Waals surface area contributed by atoms with E-state index in [2.05, 4.69) is 19.2 Å². The van der Waals surface area contributed by atoms with Crippen molar-refractivity contribution < 1.29 is 15.0 Å². The Morgan fingerprint density at radius 3 is 0.658 bits per heavy atom. The van der Waals surface area contributed by atoms with E-state index < -0.39 is 12.1 Å². The summed E-state index contributed by atoms with van der Waals surface area (Å²) < 4.78 is 0. The number of carbonyl (C=O) groups is 1. The Kier molecular flexibility index (Phi) is 70.6. The fourth-order valence-corrected chi connectivity index (χ4v) is 12.4. The summed E-state index contributed by atoms with van der Waals surface area (Å²) >= 11 is 0. The topological polar surface area (TPSA) is 69.6 Å². The van der Waals surface area contributed by atoms with Crippen molar-refractivity contribution in [3.05, 3.63) is 12.2 Å². The number of aliphatic hydroxyl groups excluding tert-OH is 2. The van der Waals surface area contributed by atoms with Gasteiger partial charge in [-0.25, -0.2) is 0 Å². The molecule has 0 aromatic heterocycles. The first-order chi connectivity index (χ1) is 39.2. The van der Waals surface area contributed by atoms with Gasteiger partial charge in [0.1, 0.15) is 0 Å². The van der Waals surface area contributed by atoms with Gasteiger partial charge in [0.25, 0.3) is 0 Å². The van der Waals surface area contributed by atoms with Gasteiger partial charge in [0.05, 0.1) is 18.8 Å². The lowest BCUT2D eigenvalue weighted by molar-refractivity contribution is -0.123. The van der Waals surface area contributed by atoms with Gasteiger partial charge in [-0.1, -0.05) is 431 Å². The van der Waals surface area contributed by atoms with Gasteiger partial charge in [0.2, 0.25) is 5.91 Å². The molecule has 0 fully saturated rings. The molecule has 0 aromatic rings. The number of carbonyl (C=O) groups excluding carboxylic acids is 1. The molecule has 0 rings (SSSR count). The first-order valence-electron chi connectivity index (χ1n) is 37.4. The number of amides is 1. The van der Waals surface area contributed by atoms with Crippen molar-refractivity contribution in [2.24, 2.45) is 0 Å². The molecule has 4 heteroatoms. The van der Waals surface area contributed by atoms with Crippen LogP contribution in [0.15, 0.2) is 12.2 Å². The Bertz CT molecular complexity index is 1120. The van der Waals surface area contributed by atoms with Crippen molar-refractivity contribution >= 4 is 5.91 Å². The highest BCUT2D eigenvalue weighted by atomic mass is 16.3. The summed E-state index contributed by atoms with van der Waals surface area (Å²) in [4.78, 5) is 12.6. The summed E-state index contributed by atoms with van der Waals surface area (Å²) in [5, 5.41) is 23.3. The quantitative estimate of drug-likeness (QED) is 0.0420. The van der Waals surface area contributed by atoms with Crippen LogP contribution in [-0.2, 0) is 4.79 Å². The molecule has 0 saturated carbocycles. The van der Waals surface area contributed by atoms with Crippen molar-refractivity contribution in [2.45, 2.75) is 456 Å². The monoisotopic (exact) mass is 1110 g/mol. The van der Waals surface area contributed by atoms with Gasteiger partial charge < -0.3 is 15.5 Å². The van der Waals surface area contributed by atoms with Crippen LogP contribution in [0.3, 0.4) is 0 Å². The fourth-order valence-electron chi connectivity index (χ4n) is 12.4. The molecule has 0 aliphatic heterocycles. The average Bonchev–Trinajstić information content (AvgIpc) is 3.45. The molecule has 0 bridgehead atoms. The average molecular weight is 1110 g/mol. The largest absolute Gasteiger partial charge is 0.394 e. The molecule has 0 spiro atoms. The molecule has 0 saturated heterocycles. The Morgan fingerprint density at radius 2 is 0.468 bits per heavy atom. The summed E-state index contributed by atoms with van der Waals surface area (Å²) in [6, 6.07) is -0.620. The predicted octanol–water partition coefficient (Wildman–Crippen LogP) is 25.6. The molecule has 2 atom stereocenters. The van der Waals surface area contributed by atoms with Crippen molar-refractivity contribution in [1.29, 1.82) is 0 Å². The third-order valence-corrected chi connectivity index (χ3v) is 18.0. The van der Waals surface area contributed by atoms with Crippen molar-refractivity contribution in [1.82, 2.24) is 5.32 Å². The Morgan fingerprint density at radius 1 is 0.291 bits per heavy atom. The van der Waals surface area contributed by atoms with E-state index in [0.717, 1.165) is 25.7 Å². The van der Waals surface area contributed by atoms with Gasteiger partial charge in [-0.2, -0.15) is 0 Å². The molecule has 0 aliphatic carbocycles. The highest BCUT2D eigenvalue weighted by Gasteiger charge is 2.18. The Labute approximate surface area is 498 Å². The molecule has 0 radical (unpaired) electrons. The molecule has 0 aliphatic rings. The number of allylic oxidation sites excluding steroid dienone is 1. The van der Waals surface area contributed by atoms with Crippen LogP contribution in [0, 0.1) is 0 Å². The number of nitrogens with one attached hydrogen (secondary N) is 1. The normalized spacial score (nSPS) is 12.6. The standard InChI is InChI=1S/C75H149NO3/c1-3-5-7-9-11-13-15-17-19-21-23-25-27-29-31-33-35-36-37-38-39-40-41-43-45-47-49-51-53-55-57-59-61-63-65-67-69-71-75(79)76-73(72-77)74(78)70-68-66-64-62-60-58-56-54-52-50-48-46-44-42-34-32-30-28-26-24-22-20-18-16-14-12-10-8-6-4-2/h68,70,73-74,77-78H,3-67,69,71-72H2,1-2H3,(H,76,79)/b70-68+. The summed E-state index contributed by atoms with van der Waals surface area (Å²) in [6.45, 7) is 4.37. The maximum Gasteiger partial charge on any atom is 0.220 e. The van der Waals surface area contributed by atoms with E-state index in [-0.39, 0.29) is 12.5 Å². The smallest absolute Gasteiger partial charge is 0.220 e. The maximum atomic E-state index is 12.6. The SMILES string of the molecule is CCCCCCCCCCCCCCCCCCCCCCCCCCCCCC/C=C/C(O)C(CO)NC(=O)CCCCCCCCCCCCCCCCCCCCCCCCCCCCCCCCCCCCCCC. The second kappa shape index (κ2) is 71.4. The van der Waals surface area contributed by atoms with Gasteiger partial charge in [-0.15, -0.1) is 0 Å². The van der Waals surface area contributed by atoms with Crippen molar-refractivity contribution in [3.63, 3.8) is 0 Å². The third-order valence-electron chi connectivity index (χ3n) is 18.0. The molecule has 79 heavy (non-hydrogen) atoms. The molecular weight excluding hydrogens is 963 g/mol. The Balaban J connectivity index is 3.37. The lowest BCUT2D eigenvalue weighted by atomic mass is 10.0. The third kappa shape index (κ3) is 67.8. The molecule has 3 N–H and O–H groups in total. The summed E-state index contributed by atoms with van der Waals surface area (Å²) in [7, 11) is 0. The minimum atomic E-state index is -0.838. The lowest BCUT2D eigenvalue weighted by Gasteiger charge is -2.20. The summed E-state index contributed by atoms with van der Waals surface area (Å²) in [5.74, 6) is -0.0523. The number of aliphatic hydroxyl groups is 2. The van der Waals surface area contributed by atoms with Crippen LogP contribution in [0.4, 0.5) is 0 Å². The van der Waals surface area contributed by atoms with E-state index >= 15 is 0 Å². The minimum absolute atomic E-state index is 0.0523. The number of hydrogen-bond acceptors (Lipinski definition) is 3. The van der Waals surface area contributed by atoms with Crippen LogP contribution < -0.4 is 5.32 Å². The predicted molar refractivity (Wildman–Crippen MR) is 355 cm³/mol. The molecule has 0 heterocycles. The van der Waals surface area contributed by atoms with E-state index in [1.165, 1.54) is 398 Å². The fraction of sp³-hybridized carbons (Fsp3) is 0.960. The van der Waals surface area contributed by atoms with E-state index in [1.54, 1.807) is 6.08 Å².